The number of fused-ring (bicyclic) bond motifs is 2. The molecule has 2 aromatic carbocycles. The summed E-state index contributed by atoms with van der Waals surface area (Å²) in [6.07, 6.45) is 3.37. The summed E-state index contributed by atoms with van der Waals surface area (Å²) in [6.45, 7) is 0. The first-order chi connectivity index (χ1) is 14.1. The van der Waals surface area contributed by atoms with E-state index in [0.29, 0.717) is 37.6 Å². The van der Waals surface area contributed by atoms with Gasteiger partial charge >= 0.3 is 0 Å². The molecule has 3 aromatic heterocycles. The van der Waals surface area contributed by atoms with Gasteiger partial charge in [0.15, 0.2) is 5.58 Å². The molecule has 0 spiro atoms. The van der Waals surface area contributed by atoms with Crippen LogP contribution in [-0.2, 0) is 0 Å². The van der Waals surface area contributed by atoms with E-state index < -0.39 is 0 Å². The van der Waals surface area contributed by atoms with E-state index in [9.17, 15) is 4.79 Å². The number of oxazole rings is 1. The van der Waals surface area contributed by atoms with Crippen LogP contribution in [0.5, 0.6) is 0 Å². The van der Waals surface area contributed by atoms with Gasteiger partial charge in [-0.3, -0.25) is 9.78 Å². The van der Waals surface area contributed by atoms with E-state index in [4.69, 9.17) is 27.6 Å². The molecule has 1 N–H and O–H groups in total. The van der Waals surface area contributed by atoms with Crippen molar-refractivity contribution in [2.24, 2.45) is 0 Å². The van der Waals surface area contributed by atoms with Crippen molar-refractivity contribution in [3.63, 3.8) is 0 Å². The number of hydrogen-bond acceptors (Lipinski definition) is 5. The number of thiophene rings is 1. The van der Waals surface area contributed by atoms with Gasteiger partial charge in [-0.2, -0.15) is 0 Å². The molecule has 1 amide bonds. The number of hydrogen-bond donors (Lipinski definition) is 1. The highest BCUT2D eigenvalue weighted by Gasteiger charge is 2.18. The van der Waals surface area contributed by atoms with Crippen molar-refractivity contribution in [2.45, 2.75) is 0 Å². The molecule has 0 saturated heterocycles. The quantitative estimate of drug-likeness (QED) is 0.341. The number of rotatable bonds is 3. The Kier molecular flexibility index (Phi) is 4.47. The molecule has 0 fully saturated rings. The summed E-state index contributed by atoms with van der Waals surface area (Å²) >= 11 is 13.7. The van der Waals surface area contributed by atoms with Crippen LogP contribution < -0.4 is 5.32 Å². The molecule has 0 aliphatic rings. The normalized spacial score (nSPS) is 11.2. The molecular weight excluding hydrogens is 429 g/mol. The number of nitrogens with zero attached hydrogens (tertiary/aromatic N) is 2. The third-order valence-corrected chi connectivity index (χ3v) is 6.24. The van der Waals surface area contributed by atoms with Crippen molar-refractivity contribution in [3.8, 4) is 11.5 Å². The molecule has 8 heteroatoms. The first kappa shape index (κ1) is 18.1. The molecule has 0 saturated carbocycles. The van der Waals surface area contributed by atoms with Crippen LogP contribution in [0.2, 0.25) is 10.0 Å². The fourth-order valence-corrected chi connectivity index (χ4v) is 4.68. The summed E-state index contributed by atoms with van der Waals surface area (Å²) in [7, 11) is 0. The summed E-state index contributed by atoms with van der Waals surface area (Å²) in [5.74, 6) is 0.184. The third kappa shape index (κ3) is 3.35. The van der Waals surface area contributed by atoms with Crippen molar-refractivity contribution in [3.05, 3.63) is 75.8 Å². The second kappa shape index (κ2) is 7.15. The Morgan fingerprint density at radius 3 is 2.83 bits per heavy atom. The van der Waals surface area contributed by atoms with Crippen LogP contribution in [0.1, 0.15) is 9.67 Å². The van der Waals surface area contributed by atoms with Gasteiger partial charge in [0.2, 0.25) is 5.89 Å². The molecule has 0 aliphatic heterocycles. The standard InChI is InChI=1S/C21H11Cl2N3O2S/c22-12-3-5-14-17(8-12)29-19(18(14)23)20(27)25-13-4-6-16-15(9-13)26-21(28-16)11-2-1-7-24-10-11/h1-10H,(H,25,27). The maximum atomic E-state index is 12.8. The minimum absolute atomic E-state index is 0.289. The van der Waals surface area contributed by atoms with Crippen molar-refractivity contribution >= 4 is 67.3 Å². The SMILES string of the molecule is O=C(Nc1ccc2oc(-c3cccnc3)nc2c1)c1sc2cc(Cl)ccc2c1Cl. The first-order valence-corrected chi connectivity index (χ1v) is 10.2. The predicted octanol–water partition coefficient (Wildman–Crippen LogP) is 6.66. The lowest BCUT2D eigenvalue weighted by Crippen LogP contribution is -2.10. The smallest absolute Gasteiger partial charge is 0.267 e. The van der Waals surface area contributed by atoms with E-state index in [1.807, 2.05) is 18.2 Å². The molecule has 0 aliphatic carbocycles. The summed E-state index contributed by atoms with van der Waals surface area (Å²) < 4.78 is 6.64. The Morgan fingerprint density at radius 2 is 2.00 bits per heavy atom. The van der Waals surface area contributed by atoms with Gasteiger partial charge in [0.25, 0.3) is 5.91 Å². The second-order valence-corrected chi connectivity index (χ2v) is 8.15. The summed E-state index contributed by atoms with van der Waals surface area (Å²) in [6, 6.07) is 14.3. The number of halogens is 2. The van der Waals surface area contributed by atoms with E-state index in [0.717, 1.165) is 15.6 Å². The first-order valence-electron chi connectivity index (χ1n) is 8.58. The van der Waals surface area contributed by atoms with Crippen LogP contribution in [0.3, 0.4) is 0 Å². The van der Waals surface area contributed by atoms with Gasteiger partial charge in [0, 0.05) is 33.2 Å². The molecule has 5 rings (SSSR count). The number of nitrogens with one attached hydrogen (secondary N) is 1. The van der Waals surface area contributed by atoms with E-state index in [1.165, 1.54) is 11.3 Å². The minimum atomic E-state index is -0.289. The Bertz CT molecular complexity index is 1380. The monoisotopic (exact) mass is 439 g/mol. The number of carbonyl (C=O) groups excluding carboxylic acids is 1. The molecular formula is C21H11Cl2N3O2S. The number of aromatic nitrogens is 2. The molecule has 0 atom stereocenters. The van der Waals surface area contributed by atoms with Crippen LogP contribution in [0.4, 0.5) is 5.69 Å². The van der Waals surface area contributed by atoms with Crippen molar-refractivity contribution in [2.75, 3.05) is 5.32 Å². The maximum Gasteiger partial charge on any atom is 0.267 e. The van der Waals surface area contributed by atoms with E-state index >= 15 is 0 Å². The number of anilines is 1. The summed E-state index contributed by atoms with van der Waals surface area (Å²) in [5.41, 5.74) is 2.64. The van der Waals surface area contributed by atoms with Crippen LogP contribution in [0.25, 0.3) is 32.6 Å². The molecule has 0 unspecified atom stereocenters. The lowest BCUT2D eigenvalue weighted by molar-refractivity contribution is 0.103. The zero-order chi connectivity index (χ0) is 20.0. The second-order valence-electron chi connectivity index (χ2n) is 6.28. The molecule has 5 nitrogen and oxygen atoms in total. The number of benzene rings is 2. The van der Waals surface area contributed by atoms with E-state index in [2.05, 4.69) is 15.3 Å². The van der Waals surface area contributed by atoms with Gasteiger partial charge in [-0.25, -0.2) is 4.98 Å². The zero-order valence-electron chi connectivity index (χ0n) is 14.6. The Balaban J connectivity index is 1.45. The Hall–Kier alpha value is -2.93. The number of amides is 1. The lowest BCUT2D eigenvalue weighted by atomic mass is 10.2. The average molecular weight is 440 g/mol. The predicted molar refractivity (Wildman–Crippen MR) is 117 cm³/mol. The molecule has 0 radical (unpaired) electrons. The molecule has 3 heterocycles. The van der Waals surface area contributed by atoms with Crippen LogP contribution in [0, 0.1) is 0 Å². The number of carbonyl (C=O) groups is 1. The molecule has 5 aromatic rings. The minimum Gasteiger partial charge on any atom is -0.436 e. The highest BCUT2D eigenvalue weighted by Crippen LogP contribution is 2.37. The maximum absolute atomic E-state index is 12.8. The van der Waals surface area contributed by atoms with Gasteiger partial charge in [0.1, 0.15) is 10.4 Å². The number of pyridine rings is 1. The summed E-state index contributed by atoms with van der Waals surface area (Å²) in [5, 5.41) is 4.70. The molecule has 0 bridgehead atoms. The largest absolute Gasteiger partial charge is 0.436 e. The Morgan fingerprint density at radius 1 is 1.10 bits per heavy atom. The van der Waals surface area contributed by atoms with Gasteiger partial charge in [0.05, 0.1) is 10.6 Å². The highest BCUT2D eigenvalue weighted by molar-refractivity contribution is 7.21. The molecule has 142 valence electrons. The topological polar surface area (TPSA) is 68.0 Å². The zero-order valence-corrected chi connectivity index (χ0v) is 17.0. The Labute approximate surface area is 178 Å². The molecule has 29 heavy (non-hydrogen) atoms. The van der Waals surface area contributed by atoms with Gasteiger partial charge in [-0.05, 0) is 42.5 Å². The van der Waals surface area contributed by atoms with Crippen molar-refractivity contribution in [1.82, 2.24) is 9.97 Å². The van der Waals surface area contributed by atoms with E-state index in [1.54, 1.807) is 42.7 Å². The van der Waals surface area contributed by atoms with E-state index in [-0.39, 0.29) is 5.91 Å². The highest BCUT2D eigenvalue weighted by atomic mass is 35.5. The third-order valence-electron chi connectivity index (χ3n) is 4.35. The van der Waals surface area contributed by atoms with Gasteiger partial charge in [-0.15, -0.1) is 11.3 Å². The van der Waals surface area contributed by atoms with Gasteiger partial charge in [-0.1, -0.05) is 29.3 Å². The van der Waals surface area contributed by atoms with Crippen molar-refractivity contribution in [1.29, 1.82) is 0 Å². The lowest BCUT2D eigenvalue weighted by Gasteiger charge is -2.03. The fourth-order valence-electron chi connectivity index (χ4n) is 2.99. The van der Waals surface area contributed by atoms with Crippen molar-refractivity contribution < 1.29 is 9.21 Å². The van der Waals surface area contributed by atoms with Gasteiger partial charge < -0.3 is 9.73 Å². The summed E-state index contributed by atoms with van der Waals surface area (Å²) in [4.78, 5) is 21.8. The van der Waals surface area contributed by atoms with Crippen LogP contribution >= 0.6 is 34.5 Å². The average Bonchev–Trinajstić information content (AvgIpc) is 3.29. The van der Waals surface area contributed by atoms with Crippen LogP contribution in [-0.4, -0.2) is 15.9 Å². The fraction of sp³-hybridized carbons (Fsp3) is 0. The van der Waals surface area contributed by atoms with Crippen LogP contribution in [0.15, 0.2) is 65.3 Å².